The van der Waals surface area contributed by atoms with Crippen molar-refractivity contribution in [2.75, 3.05) is 5.73 Å². The smallest absolute Gasteiger partial charge is 0.162 e. The van der Waals surface area contributed by atoms with Gasteiger partial charge in [0.1, 0.15) is 5.82 Å². The average Bonchev–Trinajstić information content (AvgIpc) is 2.46. The number of nitrogen functional groups attached to an aromatic ring is 1. The molecule has 0 aliphatic carbocycles. The third-order valence-corrected chi connectivity index (χ3v) is 5.71. The van der Waals surface area contributed by atoms with Crippen LogP contribution in [0, 0.1) is 0 Å². The summed E-state index contributed by atoms with van der Waals surface area (Å²) in [5, 5.41) is 2.33. The van der Waals surface area contributed by atoms with Crippen LogP contribution in [-0.2, 0) is 0 Å². The molecule has 0 spiro atoms. The number of hydrogen-bond donors (Lipinski definition) is 1. The van der Waals surface area contributed by atoms with Crippen LogP contribution in [0.25, 0.3) is 22.3 Å². The van der Waals surface area contributed by atoms with Crippen molar-refractivity contribution in [3.63, 3.8) is 0 Å². The third-order valence-electron chi connectivity index (χ3n) is 3.64. The minimum absolute atomic E-state index is 0.532. The molecule has 0 saturated carbocycles. The molecular weight excluding hydrogens is 274 g/mol. The summed E-state index contributed by atoms with van der Waals surface area (Å²) < 4.78 is 0. The van der Waals surface area contributed by atoms with E-state index in [1.54, 1.807) is 0 Å². The second kappa shape index (κ2) is 4.97. The van der Waals surface area contributed by atoms with E-state index in [1.807, 2.05) is 24.3 Å². The first kappa shape index (κ1) is 13.8. The van der Waals surface area contributed by atoms with Crippen LogP contribution in [-0.4, -0.2) is 18.0 Å². The summed E-state index contributed by atoms with van der Waals surface area (Å²) in [7, 11) is -1.28. The summed E-state index contributed by atoms with van der Waals surface area (Å²) in [5.74, 6) is 1.22. The summed E-state index contributed by atoms with van der Waals surface area (Å²) >= 11 is 0. The second-order valence-electron chi connectivity index (χ2n) is 6.28. The van der Waals surface area contributed by atoms with E-state index in [1.165, 1.54) is 5.19 Å². The quantitative estimate of drug-likeness (QED) is 0.737. The van der Waals surface area contributed by atoms with Gasteiger partial charge in [-0.05, 0) is 12.1 Å². The molecule has 0 aliphatic rings. The molecule has 0 atom stereocenters. The van der Waals surface area contributed by atoms with Crippen molar-refractivity contribution in [1.82, 2.24) is 9.97 Å². The summed E-state index contributed by atoms with van der Waals surface area (Å²) in [6, 6.07) is 16.4. The van der Waals surface area contributed by atoms with Crippen LogP contribution in [0.2, 0.25) is 19.6 Å². The van der Waals surface area contributed by atoms with Crippen LogP contribution >= 0.6 is 0 Å². The summed E-state index contributed by atoms with van der Waals surface area (Å²) in [5.41, 5.74) is 7.94. The van der Waals surface area contributed by atoms with Crippen molar-refractivity contribution < 1.29 is 0 Å². The first-order valence-corrected chi connectivity index (χ1v) is 10.6. The Kier molecular flexibility index (Phi) is 3.26. The van der Waals surface area contributed by atoms with E-state index in [0.29, 0.717) is 11.6 Å². The van der Waals surface area contributed by atoms with E-state index in [-0.39, 0.29) is 0 Å². The molecule has 0 amide bonds. The Hall–Kier alpha value is -2.20. The molecule has 1 aromatic heterocycles. The number of para-hydroxylation sites is 1. The fourth-order valence-corrected chi connectivity index (χ4v) is 3.52. The topological polar surface area (TPSA) is 51.8 Å². The zero-order valence-electron chi connectivity index (χ0n) is 12.6. The van der Waals surface area contributed by atoms with E-state index in [2.05, 4.69) is 53.9 Å². The molecule has 1 heterocycles. The molecule has 0 radical (unpaired) electrons. The maximum Gasteiger partial charge on any atom is 0.162 e. The van der Waals surface area contributed by atoms with E-state index >= 15 is 0 Å². The number of anilines is 1. The zero-order chi connectivity index (χ0) is 15.0. The first-order chi connectivity index (χ1) is 9.95. The number of benzene rings is 2. The van der Waals surface area contributed by atoms with Crippen LogP contribution in [0.15, 0.2) is 48.5 Å². The molecule has 2 aromatic carbocycles. The number of nitrogens with two attached hydrogens (primary N) is 1. The SMILES string of the molecule is C[Si](C)(C)c1ccc(-c2nc(N)c3ccccc3n2)cc1. The molecule has 0 fully saturated rings. The molecule has 3 nitrogen and oxygen atoms in total. The first-order valence-electron chi connectivity index (χ1n) is 7.08. The lowest BCUT2D eigenvalue weighted by atomic mass is 10.2. The lowest BCUT2D eigenvalue weighted by Crippen LogP contribution is -2.37. The molecule has 21 heavy (non-hydrogen) atoms. The highest BCUT2D eigenvalue weighted by Crippen LogP contribution is 2.22. The van der Waals surface area contributed by atoms with Gasteiger partial charge in [0.05, 0.1) is 13.6 Å². The van der Waals surface area contributed by atoms with Gasteiger partial charge >= 0.3 is 0 Å². The molecule has 3 aromatic rings. The van der Waals surface area contributed by atoms with Crippen molar-refractivity contribution in [3.05, 3.63) is 48.5 Å². The van der Waals surface area contributed by atoms with Crippen LogP contribution < -0.4 is 10.9 Å². The maximum atomic E-state index is 6.05. The Morgan fingerprint density at radius 2 is 1.52 bits per heavy atom. The summed E-state index contributed by atoms with van der Waals surface area (Å²) in [6.07, 6.45) is 0. The minimum Gasteiger partial charge on any atom is -0.383 e. The Morgan fingerprint density at radius 1 is 0.857 bits per heavy atom. The highest BCUT2D eigenvalue weighted by molar-refractivity contribution is 6.88. The monoisotopic (exact) mass is 293 g/mol. The van der Waals surface area contributed by atoms with Crippen LogP contribution in [0.3, 0.4) is 0 Å². The largest absolute Gasteiger partial charge is 0.383 e. The lowest BCUT2D eigenvalue weighted by Gasteiger charge is -2.16. The molecule has 0 bridgehead atoms. The molecule has 2 N–H and O–H groups in total. The summed E-state index contributed by atoms with van der Waals surface area (Å²) in [4.78, 5) is 9.06. The van der Waals surface area contributed by atoms with Crippen LogP contribution in [0.1, 0.15) is 0 Å². The van der Waals surface area contributed by atoms with Crippen LogP contribution in [0.5, 0.6) is 0 Å². The third kappa shape index (κ3) is 2.67. The van der Waals surface area contributed by atoms with Gasteiger partial charge in [-0.1, -0.05) is 61.2 Å². The van der Waals surface area contributed by atoms with Gasteiger partial charge in [-0.2, -0.15) is 0 Å². The van der Waals surface area contributed by atoms with E-state index < -0.39 is 8.07 Å². The van der Waals surface area contributed by atoms with Gasteiger partial charge in [0.25, 0.3) is 0 Å². The van der Waals surface area contributed by atoms with Gasteiger partial charge in [-0.25, -0.2) is 9.97 Å². The van der Waals surface area contributed by atoms with Gasteiger partial charge in [0.2, 0.25) is 0 Å². The molecule has 0 saturated heterocycles. The molecular formula is C17H19N3Si. The van der Waals surface area contributed by atoms with Gasteiger partial charge in [0, 0.05) is 10.9 Å². The Bertz CT molecular complexity index is 789. The van der Waals surface area contributed by atoms with E-state index in [4.69, 9.17) is 5.73 Å². The fourth-order valence-electron chi connectivity index (χ4n) is 2.35. The van der Waals surface area contributed by atoms with E-state index in [9.17, 15) is 0 Å². The Labute approximate surface area is 125 Å². The van der Waals surface area contributed by atoms with Gasteiger partial charge < -0.3 is 5.73 Å². The normalized spacial score (nSPS) is 11.8. The van der Waals surface area contributed by atoms with Crippen LogP contribution in [0.4, 0.5) is 5.82 Å². The molecule has 0 aliphatic heterocycles. The molecule has 106 valence electrons. The second-order valence-corrected chi connectivity index (χ2v) is 11.4. The number of fused-ring (bicyclic) bond motifs is 1. The van der Waals surface area contributed by atoms with E-state index in [0.717, 1.165) is 16.5 Å². The van der Waals surface area contributed by atoms with Gasteiger partial charge in [-0.15, -0.1) is 0 Å². The number of aromatic nitrogens is 2. The predicted molar refractivity (Wildman–Crippen MR) is 92.4 cm³/mol. The van der Waals surface area contributed by atoms with Crippen molar-refractivity contribution in [2.45, 2.75) is 19.6 Å². The minimum atomic E-state index is -1.28. The maximum absolute atomic E-state index is 6.05. The Morgan fingerprint density at radius 3 is 2.19 bits per heavy atom. The van der Waals surface area contributed by atoms with Crippen molar-refractivity contribution in [2.24, 2.45) is 0 Å². The van der Waals surface area contributed by atoms with Gasteiger partial charge in [-0.3, -0.25) is 0 Å². The Balaban J connectivity index is 2.08. The molecule has 3 rings (SSSR count). The average molecular weight is 293 g/mol. The molecule has 4 heteroatoms. The summed E-state index contributed by atoms with van der Waals surface area (Å²) in [6.45, 7) is 7.02. The lowest BCUT2D eigenvalue weighted by molar-refractivity contribution is 1.23. The predicted octanol–water partition coefficient (Wildman–Crippen LogP) is 3.42. The van der Waals surface area contributed by atoms with Crippen molar-refractivity contribution in [1.29, 1.82) is 0 Å². The number of hydrogen-bond acceptors (Lipinski definition) is 3. The van der Waals surface area contributed by atoms with Gasteiger partial charge in [0.15, 0.2) is 5.82 Å². The number of rotatable bonds is 2. The fraction of sp³-hybridized carbons (Fsp3) is 0.176. The number of nitrogens with zero attached hydrogens (tertiary/aromatic N) is 2. The van der Waals surface area contributed by atoms with Crippen molar-refractivity contribution >= 4 is 30.0 Å². The van der Waals surface area contributed by atoms with Crippen molar-refractivity contribution in [3.8, 4) is 11.4 Å². The standard InChI is InChI=1S/C17H19N3Si/c1-21(2,3)13-10-8-12(9-11-13)17-19-15-7-5-4-6-14(15)16(18)20-17/h4-11H,1-3H3,(H2,18,19,20). The highest BCUT2D eigenvalue weighted by atomic mass is 28.3. The zero-order valence-corrected chi connectivity index (χ0v) is 13.6. The highest BCUT2D eigenvalue weighted by Gasteiger charge is 2.16. The molecule has 0 unspecified atom stereocenters.